The summed E-state index contributed by atoms with van der Waals surface area (Å²) in [6.45, 7) is 1.78. The molecule has 3 amide bonds. The van der Waals surface area contributed by atoms with E-state index in [1.807, 2.05) is 42.5 Å². The summed E-state index contributed by atoms with van der Waals surface area (Å²) >= 11 is 0. The maximum Gasteiger partial charge on any atom is 0.317 e. The van der Waals surface area contributed by atoms with Gasteiger partial charge in [0.15, 0.2) is 0 Å². The molecule has 2 saturated heterocycles. The molecule has 3 heterocycles. The van der Waals surface area contributed by atoms with Crippen molar-refractivity contribution in [1.82, 2.24) is 15.2 Å². The predicted molar refractivity (Wildman–Crippen MR) is 101 cm³/mol. The molecule has 2 aliphatic heterocycles. The lowest BCUT2D eigenvalue weighted by Gasteiger charge is -2.39. The average molecular weight is 366 g/mol. The van der Waals surface area contributed by atoms with Gasteiger partial charge in [0.2, 0.25) is 5.91 Å². The number of hydrogen-bond acceptors (Lipinski definition) is 4. The zero-order valence-electron chi connectivity index (χ0n) is 15.2. The fraction of sp³-hybridized carbons (Fsp3) is 0.350. The van der Waals surface area contributed by atoms with Crippen molar-refractivity contribution < 1.29 is 14.3 Å². The summed E-state index contributed by atoms with van der Waals surface area (Å²) in [7, 11) is 1.60. The zero-order chi connectivity index (χ0) is 18.8. The molecule has 0 bridgehead atoms. The first-order chi connectivity index (χ1) is 13.1. The second-order valence-corrected chi connectivity index (χ2v) is 6.91. The van der Waals surface area contributed by atoms with Crippen LogP contribution in [-0.4, -0.2) is 54.6 Å². The number of methoxy groups -OCH3 is 1. The molecule has 1 aromatic heterocycles. The van der Waals surface area contributed by atoms with Gasteiger partial charge in [-0.15, -0.1) is 0 Å². The number of likely N-dealkylation sites (tertiary alicyclic amines) is 1. The smallest absolute Gasteiger partial charge is 0.317 e. The van der Waals surface area contributed by atoms with Gasteiger partial charge in [0.05, 0.1) is 13.2 Å². The summed E-state index contributed by atoms with van der Waals surface area (Å²) in [5.74, 6) is 0.993. The Labute approximate surface area is 157 Å². The molecule has 4 rings (SSSR count). The maximum atomic E-state index is 12.5. The monoisotopic (exact) mass is 366 g/mol. The quantitative estimate of drug-likeness (QED) is 0.898. The maximum absolute atomic E-state index is 12.5. The molecule has 2 fully saturated rings. The SMILES string of the molecule is COc1cccc(N2C[C@@H](NC(=O)N3CC(c4ccccn4)C3)CC2=O)c1. The average Bonchev–Trinajstić information content (AvgIpc) is 3.01. The van der Waals surface area contributed by atoms with Gasteiger partial charge in [-0.2, -0.15) is 0 Å². The van der Waals surface area contributed by atoms with E-state index in [0.29, 0.717) is 31.8 Å². The highest BCUT2D eigenvalue weighted by Gasteiger charge is 2.36. The lowest BCUT2D eigenvalue weighted by atomic mass is 9.96. The van der Waals surface area contributed by atoms with E-state index in [-0.39, 0.29) is 23.9 Å². The number of anilines is 1. The minimum Gasteiger partial charge on any atom is -0.497 e. The molecule has 7 heteroatoms. The number of benzene rings is 1. The molecule has 1 atom stereocenters. The van der Waals surface area contributed by atoms with Gasteiger partial charge in [-0.05, 0) is 24.3 Å². The van der Waals surface area contributed by atoms with Crippen LogP contribution in [0, 0.1) is 0 Å². The largest absolute Gasteiger partial charge is 0.497 e. The van der Waals surface area contributed by atoms with Gasteiger partial charge in [0.25, 0.3) is 0 Å². The molecule has 0 aliphatic carbocycles. The van der Waals surface area contributed by atoms with E-state index in [0.717, 1.165) is 11.4 Å². The van der Waals surface area contributed by atoms with Crippen molar-refractivity contribution >= 4 is 17.6 Å². The van der Waals surface area contributed by atoms with Crippen LogP contribution >= 0.6 is 0 Å². The molecule has 2 aliphatic rings. The van der Waals surface area contributed by atoms with Gasteiger partial charge in [0, 0.05) is 55.6 Å². The Kier molecular flexibility index (Phi) is 4.66. The number of pyridine rings is 1. The van der Waals surface area contributed by atoms with Crippen molar-refractivity contribution in [3.63, 3.8) is 0 Å². The standard InChI is InChI=1S/C20H22N4O3/c1-27-17-6-4-5-16(10-17)24-13-15(9-19(24)25)22-20(26)23-11-14(12-23)18-7-2-3-8-21-18/h2-8,10,14-15H,9,11-13H2,1H3,(H,22,26)/t15-/m0/s1. The number of aromatic nitrogens is 1. The Hall–Kier alpha value is -3.09. The third-order valence-electron chi connectivity index (χ3n) is 5.09. The van der Waals surface area contributed by atoms with Crippen LogP contribution in [0.15, 0.2) is 48.7 Å². The summed E-state index contributed by atoms with van der Waals surface area (Å²) in [6.07, 6.45) is 2.08. The van der Waals surface area contributed by atoms with E-state index in [2.05, 4.69) is 10.3 Å². The molecule has 7 nitrogen and oxygen atoms in total. The Morgan fingerprint density at radius 1 is 1.19 bits per heavy atom. The molecule has 0 unspecified atom stereocenters. The summed E-state index contributed by atoms with van der Waals surface area (Å²) in [5.41, 5.74) is 1.80. The fourth-order valence-corrected chi connectivity index (χ4v) is 3.55. The van der Waals surface area contributed by atoms with Crippen molar-refractivity contribution in [1.29, 1.82) is 0 Å². The minimum atomic E-state index is -0.190. The first kappa shape index (κ1) is 17.3. The van der Waals surface area contributed by atoms with Crippen LogP contribution in [0.5, 0.6) is 5.75 Å². The number of carbonyl (C=O) groups excluding carboxylic acids is 2. The second kappa shape index (κ2) is 7.26. The summed E-state index contributed by atoms with van der Waals surface area (Å²) < 4.78 is 5.22. The van der Waals surface area contributed by atoms with E-state index in [1.165, 1.54) is 0 Å². The molecule has 27 heavy (non-hydrogen) atoms. The summed E-state index contributed by atoms with van der Waals surface area (Å²) in [5, 5.41) is 2.98. The minimum absolute atomic E-state index is 0.00326. The van der Waals surface area contributed by atoms with Gasteiger partial charge in [-0.25, -0.2) is 4.79 Å². The zero-order valence-corrected chi connectivity index (χ0v) is 15.2. The number of rotatable bonds is 4. The second-order valence-electron chi connectivity index (χ2n) is 6.91. The highest BCUT2D eigenvalue weighted by atomic mass is 16.5. The Morgan fingerprint density at radius 2 is 2.04 bits per heavy atom. The van der Waals surface area contributed by atoms with Crippen LogP contribution in [0.3, 0.4) is 0 Å². The van der Waals surface area contributed by atoms with Crippen LogP contribution in [0.2, 0.25) is 0 Å². The van der Waals surface area contributed by atoms with Gasteiger partial charge in [-0.1, -0.05) is 12.1 Å². The first-order valence-corrected chi connectivity index (χ1v) is 9.05. The van der Waals surface area contributed by atoms with Gasteiger partial charge in [0.1, 0.15) is 5.75 Å². The van der Waals surface area contributed by atoms with Crippen LogP contribution in [0.4, 0.5) is 10.5 Å². The molecule has 1 N–H and O–H groups in total. The number of carbonyl (C=O) groups is 2. The lowest BCUT2D eigenvalue weighted by Crippen LogP contribution is -2.55. The van der Waals surface area contributed by atoms with E-state index >= 15 is 0 Å². The fourth-order valence-electron chi connectivity index (χ4n) is 3.55. The molecule has 1 aromatic carbocycles. The summed E-state index contributed by atoms with van der Waals surface area (Å²) in [6, 6.07) is 12.9. The molecule has 140 valence electrons. The first-order valence-electron chi connectivity index (χ1n) is 9.05. The highest BCUT2D eigenvalue weighted by molar-refractivity contribution is 5.97. The molecule has 0 spiro atoms. The Bertz CT molecular complexity index is 836. The van der Waals surface area contributed by atoms with Gasteiger partial charge < -0.3 is 19.9 Å². The lowest BCUT2D eigenvalue weighted by molar-refractivity contribution is -0.117. The normalized spacial score (nSPS) is 19.7. The number of nitrogens with one attached hydrogen (secondary N) is 1. The van der Waals surface area contributed by atoms with Crippen molar-refractivity contribution in [2.24, 2.45) is 0 Å². The topological polar surface area (TPSA) is 74.8 Å². The van der Waals surface area contributed by atoms with Gasteiger partial charge in [-0.3, -0.25) is 9.78 Å². The Balaban J connectivity index is 1.32. The predicted octanol–water partition coefficient (Wildman–Crippen LogP) is 2.00. The van der Waals surface area contributed by atoms with E-state index < -0.39 is 0 Å². The molecular formula is C20H22N4O3. The number of urea groups is 1. The number of nitrogens with zero attached hydrogens (tertiary/aromatic N) is 3. The molecule has 0 radical (unpaired) electrons. The van der Waals surface area contributed by atoms with E-state index in [1.54, 1.807) is 23.1 Å². The van der Waals surface area contributed by atoms with Crippen molar-refractivity contribution in [2.75, 3.05) is 31.6 Å². The van der Waals surface area contributed by atoms with Crippen LogP contribution in [-0.2, 0) is 4.79 Å². The molecule has 2 aromatic rings. The Morgan fingerprint density at radius 3 is 2.78 bits per heavy atom. The van der Waals surface area contributed by atoms with Gasteiger partial charge >= 0.3 is 6.03 Å². The summed E-state index contributed by atoms with van der Waals surface area (Å²) in [4.78, 5) is 32.6. The third kappa shape index (κ3) is 3.58. The van der Waals surface area contributed by atoms with E-state index in [4.69, 9.17) is 4.74 Å². The number of ether oxygens (including phenoxy) is 1. The van der Waals surface area contributed by atoms with Crippen LogP contribution < -0.4 is 15.0 Å². The molecule has 0 saturated carbocycles. The number of amides is 3. The van der Waals surface area contributed by atoms with Crippen molar-refractivity contribution in [3.8, 4) is 5.75 Å². The van der Waals surface area contributed by atoms with Crippen molar-refractivity contribution in [3.05, 3.63) is 54.4 Å². The third-order valence-corrected chi connectivity index (χ3v) is 5.09. The van der Waals surface area contributed by atoms with Crippen LogP contribution in [0.1, 0.15) is 18.0 Å². The van der Waals surface area contributed by atoms with Crippen molar-refractivity contribution in [2.45, 2.75) is 18.4 Å². The number of hydrogen-bond donors (Lipinski definition) is 1. The highest BCUT2D eigenvalue weighted by Crippen LogP contribution is 2.27. The van der Waals surface area contributed by atoms with E-state index in [9.17, 15) is 9.59 Å². The molecular weight excluding hydrogens is 344 g/mol. The van der Waals surface area contributed by atoms with Crippen LogP contribution in [0.25, 0.3) is 0 Å².